The zero-order chi connectivity index (χ0) is 13.7. The first-order valence-electron chi connectivity index (χ1n) is 5.89. The molecule has 0 atom stereocenters. The summed E-state index contributed by atoms with van der Waals surface area (Å²) >= 11 is 0. The average molecular weight is 259 g/mol. The second kappa shape index (κ2) is 5.95. The number of rotatable bonds is 5. The lowest BCUT2D eigenvalue weighted by Crippen LogP contribution is -2.03. The highest BCUT2D eigenvalue weighted by atomic mass is 16.5. The van der Waals surface area contributed by atoms with Crippen LogP contribution in [0.1, 0.15) is 5.56 Å². The summed E-state index contributed by atoms with van der Waals surface area (Å²) in [5.74, 6) is 1.38. The number of nitrogens with two attached hydrogens (primary N) is 1. The molecule has 2 aromatic rings. The summed E-state index contributed by atoms with van der Waals surface area (Å²) in [6, 6.07) is 9.28. The molecule has 5 heteroatoms. The van der Waals surface area contributed by atoms with Gasteiger partial charge in [0, 0.05) is 35.7 Å². The number of nitrogens with zero attached hydrogens (tertiary/aromatic N) is 1. The Balaban J connectivity index is 2.11. The largest absolute Gasteiger partial charge is 0.496 e. The molecular formula is C14H17N3O2. The summed E-state index contributed by atoms with van der Waals surface area (Å²) in [5, 5.41) is 3.28. The molecule has 0 fully saturated rings. The molecule has 1 aromatic heterocycles. The van der Waals surface area contributed by atoms with Crippen molar-refractivity contribution in [3.63, 3.8) is 0 Å². The highest BCUT2D eigenvalue weighted by Gasteiger charge is 2.04. The second-order valence-corrected chi connectivity index (χ2v) is 4.01. The Morgan fingerprint density at radius 1 is 1.16 bits per heavy atom. The van der Waals surface area contributed by atoms with Gasteiger partial charge in [-0.05, 0) is 24.3 Å². The lowest BCUT2D eigenvalue weighted by molar-refractivity contribution is 0.398. The number of hydrogen-bond acceptors (Lipinski definition) is 5. The number of methoxy groups -OCH3 is 2. The maximum absolute atomic E-state index is 5.78. The van der Waals surface area contributed by atoms with Crippen LogP contribution in [0.2, 0.25) is 0 Å². The number of aromatic nitrogens is 1. The van der Waals surface area contributed by atoms with Gasteiger partial charge < -0.3 is 20.5 Å². The standard InChI is InChI=1S/C14H17N3O2/c1-18-13-4-3-11(15)7-10(13)9-17-12-5-6-16-14(8-12)19-2/h3-8H,9,15H2,1-2H3,(H,16,17). The van der Waals surface area contributed by atoms with Gasteiger partial charge in [-0.1, -0.05) is 0 Å². The molecule has 0 spiro atoms. The third-order valence-corrected chi connectivity index (χ3v) is 2.73. The second-order valence-electron chi connectivity index (χ2n) is 4.01. The molecule has 0 saturated carbocycles. The predicted molar refractivity (Wildman–Crippen MR) is 75.5 cm³/mol. The van der Waals surface area contributed by atoms with Gasteiger partial charge in [0.05, 0.1) is 14.2 Å². The Labute approximate surface area is 112 Å². The minimum absolute atomic E-state index is 0.574. The van der Waals surface area contributed by atoms with Crippen LogP contribution in [0.4, 0.5) is 11.4 Å². The maximum atomic E-state index is 5.78. The van der Waals surface area contributed by atoms with Gasteiger partial charge in [-0.15, -0.1) is 0 Å². The van der Waals surface area contributed by atoms with Crippen molar-refractivity contribution in [1.29, 1.82) is 0 Å². The normalized spacial score (nSPS) is 10.0. The Morgan fingerprint density at radius 3 is 2.74 bits per heavy atom. The molecule has 0 saturated heterocycles. The molecule has 0 bridgehead atoms. The number of nitrogen functional groups attached to an aromatic ring is 1. The fourth-order valence-electron chi connectivity index (χ4n) is 1.76. The number of ether oxygens (including phenoxy) is 2. The van der Waals surface area contributed by atoms with Gasteiger partial charge in [-0.2, -0.15) is 0 Å². The van der Waals surface area contributed by atoms with Crippen LogP contribution in [0.3, 0.4) is 0 Å². The Kier molecular flexibility index (Phi) is 4.07. The molecule has 0 aliphatic carbocycles. The van der Waals surface area contributed by atoms with Crippen LogP contribution in [0, 0.1) is 0 Å². The highest BCUT2D eigenvalue weighted by molar-refractivity contribution is 5.51. The van der Waals surface area contributed by atoms with Crippen LogP contribution in [0.5, 0.6) is 11.6 Å². The zero-order valence-electron chi connectivity index (χ0n) is 11.0. The molecule has 19 heavy (non-hydrogen) atoms. The minimum Gasteiger partial charge on any atom is -0.496 e. The van der Waals surface area contributed by atoms with E-state index in [1.54, 1.807) is 20.4 Å². The van der Waals surface area contributed by atoms with Crippen molar-refractivity contribution < 1.29 is 9.47 Å². The SMILES string of the molecule is COc1cc(NCc2cc(N)ccc2OC)ccn1. The topological polar surface area (TPSA) is 69.4 Å². The van der Waals surface area contributed by atoms with E-state index in [9.17, 15) is 0 Å². The number of benzene rings is 1. The predicted octanol–water partition coefficient (Wildman–Crippen LogP) is 2.29. The number of hydrogen-bond donors (Lipinski definition) is 2. The Morgan fingerprint density at radius 2 is 2.00 bits per heavy atom. The molecule has 0 unspecified atom stereocenters. The van der Waals surface area contributed by atoms with Gasteiger partial charge in [0.1, 0.15) is 5.75 Å². The number of nitrogens with one attached hydrogen (secondary N) is 1. The average Bonchev–Trinajstić information content (AvgIpc) is 2.45. The van der Waals surface area contributed by atoms with Crippen molar-refractivity contribution in [1.82, 2.24) is 4.98 Å². The third kappa shape index (κ3) is 3.28. The summed E-state index contributed by atoms with van der Waals surface area (Å²) < 4.78 is 10.4. The van der Waals surface area contributed by atoms with Gasteiger partial charge in [0.2, 0.25) is 5.88 Å². The monoisotopic (exact) mass is 259 g/mol. The molecule has 2 rings (SSSR count). The van der Waals surface area contributed by atoms with E-state index in [2.05, 4.69) is 10.3 Å². The van der Waals surface area contributed by atoms with E-state index in [0.717, 1.165) is 17.0 Å². The fraction of sp³-hybridized carbons (Fsp3) is 0.214. The van der Waals surface area contributed by atoms with E-state index in [1.807, 2.05) is 30.3 Å². The first-order valence-corrected chi connectivity index (χ1v) is 5.89. The zero-order valence-corrected chi connectivity index (χ0v) is 11.0. The van der Waals surface area contributed by atoms with Crippen LogP contribution < -0.4 is 20.5 Å². The van der Waals surface area contributed by atoms with Crippen molar-refractivity contribution in [3.8, 4) is 11.6 Å². The van der Waals surface area contributed by atoms with Crippen LogP contribution in [-0.2, 0) is 6.54 Å². The van der Waals surface area contributed by atoms with Crippen molar-refractivity contribution in [2.24, 2.45) is 0 Å². The molecule has 0 aliphatic rings. The molecule has 0 aliphatic heterocycles. The van der Waals surface area contributed by atoms with Gasteiger partial charge in [0.25, 0.3) is 0 Å². The lowest BCUT2D eigenvalue weighted by Gasteiger charge is -2.11. The summed E-state index contributed by atoms with van der Waals surface area (Å²) in [6.07, 6.45) is 1.69. The molecule has 1 aromatic carbocycles. The summed E-state index contributed by atoms with van der Waals surface area (Å²) in [5.41, 5.74) is 8.42. The van der Waals surface area contributed by atoms with Gasteiger partial charge in [-0.25, -0.2) is 4.98 Å². The Bertz CT molecular complexity index is 558. The summed E-state index contributed by atoms with van der Waals surface area (Å²) in [6.45, 7) is 0.612. The van der Waals surface area contributed by atoms with Crippen LogP contribution in [0.15, 0.2) is 36.5 Å². The van der Waals surface area contributed by atoms with Gasteiger partial charge in [-0.3, -0.25) is 0 Å². The molecule has 5 nitrogen and oxygen atoms in total. The molecule has 1 heterocycles. The van der Waals surface area contributed by atoms with Crippen LogP contribution >= 0.6 is 0 Å². The first kappa shape index (κ1) is 13.0. The maximum Gasteiger partial charge on any atom is 0.214 e. The summed E-state index contributed by atoms with van der Waals surface area (Å²) in [7, 11) is 3.23. The fourth-order valence-corrected chi connectivity index (χ4v) is 1.76. The van der Waals surface area contributed by atoms with E-state index in [-0.39, 0.29) is 0 Å². The quantitative estimate of drug-likeness (QED) is 0.806. The Hall–Kier alpha value is -2.43. The molecule has 0 radical (unpaired) electrons. The molecule has 3 N–H and O–H groups in total. The van der Waals surface area contributed by atoms with E-state index in [1.165, 1.54) is 0 Å². The third-order valence-electron chi connectivity index (χ3n) is 2.73. The van der Waals surface area contributed by atoms with Crippen LogP contribution in [0.25, 0.3) is 0 Å². The lowest BCUT2D eigenvalue weighted by atomic mass is 10.1. The first-order chi connectivity index (χ1) is 9.22. The van der Waals surface area contributed by atoms with E-state index in [0.29, 0.717) is 18.1 Å². The van der Waals surface area contributed by atoms with E-state index in [4.69, 9.17) is 15.2 Å². The molecular weight excluding hydrogens is 242 g/mol. The van der Waals surface area contributed by atoms with E-state index < -0.39 is 0 Å². The highest BCUT2D eigenvalue weighted by Crippen LogP contribution is 2.22. The van der Waals surface area contributed by atoms with Crippen molar-refractivity contribution in [3.05, 3.63) is 42.1 Å². The summed E-state index contributed by atoms with van der Waals surface area (Å²) in [4.78, 5) is 4.05. The van der Waals surface area contributed by atoms with Gasteiger partial charge in [0.15, 0.2) is 0 Å². The van der Waals surface area contributed by atoms with E-state index >= 15 is 0 Å². The number of pyridine rings is 1. The van der Waals surface area contributed by atoms with Crippen molar-refractivity contribution in [2.45, 2.75) is 6.54 Å². The minimum atomic E-state index is 0.574. The van der Waals surface area contributed by atoms with Crippen molar-refractivity contribution >= 4 is 11.4 Å². The smallest absolute Gasteiger partial charge is 0.214 e. The van der Waals surface area contributed by atoms with Gasteiger partial charge >= 0.3 is 0 Å². The molecule has 100 valence electrons. The molecule has 0 amide bonds. The van der Waals surface area contributed by atoms with Crippen LogP contribution in [-0.4, -0.2) is 19.2 Å². The number of anilines is 2. The van der Waals surface area contributed by atoms with Crippen molar-refractivity contribution in [2.75, 3.05) is 25.3 Å².